The second-order valence-corrected chi connectivity index (χ2v) is 17.4. The van der Waals surface area contributed by atoms with E-state index in [2.05, 4.69) is 27.8 Å². The van der Waals surface area contributed by atoms with Gasteiger partial charge in [0, 0.05) is 18.8 Å². The molecule has 0 radical (unpaired) electrons. The number of nitrogens with one attached hydrogen (secondary N) is 4. The second-order valence-electron chi connectivity index (χ2n) is 15.0. The molecule has 1 aliphatic heterocycles. The van der Waals surface area contributed by atoms with Crippen molar-refractivity contribution in [1.29, 1.82) is 0 Å². The molecule has 0 aromatic rings. The van der Waals surface area contributed by atoms with Crippen molar-refractivity contribution in [3.63, 3.8) is 0 Å². The van der Waals surface area contributed by atoms with Crippen molar-refractivity contribution in [3.05, 3.63) is 12.7 Å². The predicted molar refractivity (Wildman–Crippen MR) is 176 cm³/mol. The molecule has 260 valence electrons. The minimum Gasteiger partial charge on any atom is -0.346 e. The van der Waals surface area contributed by atoms with Crippen LogP contribution >= 0.6 is 0 Å². The number of Topliss-reactive ketones (excluding diaryl/α,β-unsaturated/α-hetero) is 1. The highest BCUT2D eigenvalue weighted by Crippen LogP contribution is 2.65. The number of amides is 5. The Balaban J connectivity index is 1.84. The number of fused-ring (bicyclic) bond motifs is 1. The standard InChI is InChI=1S/C33H55N5O7S/c1-9-15-22(25(39)28(41)34-18-10-2)35-27(40)24-23-21(32(23,7)8)19-38(24)29(42)26(31(4,5)6)36-30(43)37-33(16-13-12-14-17-33)20-46(44,45)11-3/h10,21-24,26H,2,9,11-20H2,1,3-8H3,(H,34,41)(H,35,40)(H2,36,37,43)/t21-,22?,23-,24-,26+/m0/s1. The maximum Gasteiger partial charge on any atom is 0.315 e. The fourth-order valence-corrected chi connectivity index (χ4v) is 8.72. The van der Waals surface area contributed by atoms with Gasteiger partial charge in [0.05, 0.1) is 17.3 Å². The van der Waals surface area contributed by atoms with Gasteiger partial charge in [-0.15, -0.1) is 6.58 Å². The van der Waals surface area contributed by atoms with Gasteiger partial charge in [-0.3, -0.25) is 19.2 Å². The summed E-state index contributed by atoms with van der Waals surface area (Å²) in [6, 6.07) is -3.57. The van der Waals surface area contributed by atoms with Crippen molar-refractivity contribution in [2.45, 2.75) is 117 Å². The van der Waals surface area contributed by atoms with Crippen LogP contribution in [0.3, 0.4) is 0 Å². The molecule has 2 aliphatic carbocycles. The van der Waals surface area contributed by atoms with E-state index in [0.717, 1.165) is 19.3 Å². The number of hydrogen-bond donors (Lipinski definition) is 4. The summed E-state index contributed by atoms with van der Waals surface area (Å²) in [6.07, 6.45) is 5.87. The summed E-state index contributed by atoms with van der Waals surface area (Å²) in [4.78, 5) is 68.6. The van der Waals surface area contributed by atoms with Crippen LogP contribution in [0.2, 0.25) is 0 Å². The van der Waals surface area contributed by atoms with Crippen molar-refractivity contribution in [2.75, 3.05) is 24.6 Å². The van der Waals surface area contributed by atoms with Gasteiger partial charge in [-0.1, -0.05) is 80.2 Å². The Bertz CT molecular complexity index is 1300. The van der Waals surface area contributed by atoms with E-state index in [0.29, 0.717) is 25.8 Å². The van der Waals surface area contributed by atoms with Crippen LogP contribution < -0.4 is 21.3 Å². The van der Waals surface area contributed by atoms with Crippen molar-refractivity contribution >= 4 is 39.4 Å². The van der Waals surface area contributed by atoms with Crippen LogP contribution in [-0.4, -0.2) is 91.1 Å². The number of likely N-dealkylation sites (tertiary alicyclic amines) is 1. The van der Waals surface area contributed by atoms with E-state index in [1.165, 1.54) is 11.0 Å². The molecule has 46 heavy (non-hydrogen) atoms. The predicted octanol–water partition coefficient (Wildman–Crippen LogP) is 2.48. The highest BCUT2D eigenvalue weighted by atomic mass is 32.2. The van der Waals surface area contributed by atoms with Gasteiger partial charge in [0.15, 0.2) is 9.84 Å². The number of sulfone groups is 1. The fourth-order valence-electron chi connectivity index (χ4n) is 7.32. The molecule has 1 saturated heterocycles. The molecule has 0 aromatic carbocycles. The largest absolute Gasteiger partial charge is 0.346 e. The van der Waals surface area contributed by atoms with E-state index in [1.54, 1.807) is 6.92 Å². The van der Waals surface area contributed by atoms with Crippen molar-refractivity contribution in [3.8, 4) is 0 Å². The molecule has 2 saturated carbocycles. The molecule has 5 atom stereocenters. The Hall–Kier alpha value is -2.96. The van der Waals surface area contributed by atoms with Crippen LogP contribution in [0, 0.1) is 22.7 Å². The van der Waals surface area contributed by atoms with E-state index in [9.17, 15) is 32.4 Å². The summed E-state index contributed by atoms with van der Waals surface area (Å²) in [7, 11) is -3.38. The molecule has 0 spiro atoms. The van der Waals surface area contributed by atoms with Gasteiger partial charge < -0.3 is 26.2 Å². The molecular weight excluding hydrogens is 610 g/mol. The van der Waals surface area contributed by atoms with Gasteiger partial charge in [-0.05, 0) is 41.9 Å². The Morgan fingerprint density at radius 3 is 2.20 bits per heavy atom. The van der Waals surface area contributed by atoms with Crippen LogP contribution in [0.5, 0.6) is 0 Å². The van der Waals surface area contributed by atoms with Gasteiger partial charge in [-0.2, -0.15) is 0 Å². The van der Waals surface area contributed by atoms with E-state index in [1.807, 2.05) is 41.5 Å². The number of hydrogen-bond acceptors (Lipinski definition) is 7. The molecule has 0 aromatic heterocycles. The van der Waals surface area contributed by atoms with Gasteiger partial charge >= 0.3 is 6.03 Å². The number of nitrogens with zero attached hydrogens (tertiary/aromatic N) is 1. The molecule has 12 nitrogen and oxygen atoms in total. The first-order chi connectivity index (χ1) is 21.3. The third kappa shape index (κ3) is 8.49. The molecule has 13 heteroatoms. The lowest BCUT2D eigenvalue weighted by molar-refractivity contribution is -0.145. The lowest BCUT2D eigenvalue weighted by Gasteiger charge is -2.40. The minimum atomic E-state index is -3.38. The van der Waals surface area contributed by atoms with Gasteiger partial charge in [0.25, 0.3) is 5.91 Å². The summed E-state index contributed by atoms with van der Waals surface area (Å²) in [5.74, 6) is -2.77. The first kappa shape index (κ1) is 37.5. The summed E-state index contributed by atoms with van der Waals surface area (Å²) in [6.45, 7) is 17.0. The normalized spacial score (nSPS) is 24.5. The van der Waals surface area contributed by atoms with Crippen LogP contribution in [0.1, 0.15) is 93.4 Å². The maximum atomic E-state index is 14.3. The third-order valence-electron chi connectivity index (χ3n) is 10.1. The van der Waals surface area contributed by atoms with Crippen molar-refractivity contribution in [2.24, 2.45) is 22.7 Å². The summed E-state index contributed by atoms with van der Waals surface area (Å²) >= 11 is 0. The number of carbonyl (C=O) groups excluding carboxylic acids is 5. The van der Waals surface area contributed by atoms with Crippen LogP contribution in [0.15, 0.2) is 12.7 Å². The first-order valence-corrected chi connectivity index (χ1v) is 18.5. The van der Waals surface area contributed by atoms with Crippen LogP contribution in [0.25, 0.3) is 0 Å². The van der Waals surface area contributed by atoms with Gasteiger partial charge in [0.1, 0.15) is 12.1 Å². The average Bonchev–Trinajstić information content (AvgIpc) is 3.28. The smallest absolute Gasteiger partial charge is 0.315 e. The van der Waals surface area contributed by atoms with Gasteiger partial charge in [0.2, 0.25) is 17.6 Å². The summed E-state index contributed by atoms with van der Waals surface area (Å²) in [5, 5.41) is 11.0. The van der Waals surface area contributed by atoms with E-state index in [4.69, 9.17) is 0 Å². The number of rotatable bonds is 14. The molecule has 1 unspecified atom stereocenters. The van der Waals surface area contributed by atoms with Crippen molar-refractivity contribution < 1.29 is 32.4 Å². The zero-order chi connectivity index (χ0) is 34.7. The molecule has 3 rings (SSSR count). The van der Waals surface area contributed by atoms with Crippen LogP contribution in [0.4, 0.5) is 4.79 Å². The number of piperidine rings is 1. The lowest BCUT2D eigenvalue weighted by atomic mass is 9.83. The Kier molecular flexibility index (Phi) is 11.8. The zero-order valence-corrected chi connectivity index (χ0v) is 29.5. The molecule has 3 aliphatic rings. The summed E-state index contributed by atoms with van der Waals surface area (Å²) in [5.41, 5.74) is -1.87. The number of carbonyl (C=O) groups is 5. The van der Waals surface area contributed by atoms with E-state index in [-0.39, 0.29) is 41.7 Å². The molecular formula is C33H55N5O7S. The summed E-state index contributed by atoms with van der Waals surface area (Å²) < 4.78 is 25.3. The topological polar surface area (TPSA) is 171 Å². The van der Waals surface area contributed by atoms with E-state index < -0.39 is 68.5 Å². The molecule has 0 bridgehead atoms. The van der Waals surface area contributed by atoms with Gasteiger partial charge in [-0.25, -0.2) is 13.2 Å². The monoisotopic (exact) mass is 665 g/mol. The number of ketones is 1. The highest BCUT2D eigenvalue weighted by Gasteiger charge is 2.70. The molecule has 5 amide bonds. The molecule has 4 N–H and O–H groups in total. The molecule has 1 heterocycles. The van der Waals surface area contributed by atoms with Crippen molar-refractivity contribution in [1.82, 2.24) is 26.2 Å². The number of urea groups is 1. The fraction of sp³-hybridized carbons (Fsp3) is 0.788. The Labute approximate surface area is 274 Å². The SMILES string of the molecule is C=CCNC(=O)C(=O)C(CCC)NC(=O)[C@@H]1[C@@H]2[C@H](CN1C(=O)[C@@H](NC(=O)NC1(CS(=O)(=O)CC)CCCCC1)C(C)(C)C)C2(C)C. The minimum absolute atomic E-state index is 0.0253. The lowest BCUT2D eigenvalue weighted by Crippen LogP contribution is -2.64. The quantitative estimate of drug-likeness (QED) is 0.163. The Morgan fingerprint density at radius 2 is 1.65 bits per heavy atom. The zero-order valence-electron chi connectivity index (χ0n) is 28.7. The average molecular weight is 666 g/mol. The third-order valence-corrected chi connectivity index (χ3v) is 12.0. The van der Waals surface area contributed by atoms with E-state index >= 15 is 0 Å². The van der Waals surface area contributed by atoms with Crippen LogP contribution in [-0.2, 0) is 29.0 Å². The molecule has 3 fully saturated rings. The Morgan fingerprint density at radius 1 is 1.02 bits per heavy atom. The highest BCUT2D eigenvalue weighted by molar-refractivity contribution is 7.91. The maximum absolute atomic E-state index is 14.3. The first-order valence-electron chi connectivity index (χ1n) is 16.7. The second kappa shape index (κ2) is 14.4.